The summed E-state index contributed by atoms with van der Waals surface area (Å²) in [4.78, 5) is 12.5. The van der Waals surface area contributed by atoms with E-state index in [4.69, 9.17) is 14.2 Å². The van der Waals surface area contributed by atoms with Gasteiger partial charge in [0.1, 0.15) is 18.1 Å². The molecule has 1 N–H and O–H groups in total. The predicted octanol–water partition coefficient (Wildman–Crippen LogP) is 3.30. The second-order valence-corrected chi connectivity index (χ2v) is 9.56. The maximum Gasteiger partial charge on any atom is 0.262 e. The maximum atomic E-state index is 12.8. The fraction of sp³-hybridized carbons (Fsp3) is 0.240. The van der Waals surface area contributed by atoms with E-state index in [1.165, 1.54) is 16.4 Å². The van der Waals surface area contributed by atoms with Crippen LogP contribution in [-0.2, 0) is 26.2 Å². The van der Waals surface area contributed by atoms with Gasteiger partial charge in [-0.25, -0.2) is 8.42 Å². The van der Waals surface area contributed by atoms with Crippen molar-refractivity contribution in [2.45, 2.75) is 11.5 Å². The van der Waals surface area contributed by atoms with Gasteiger partial charge in [0.15, 0.2) is 6.61 Å². The number of amides is 1. The molecule has 1 aliphatic heterocycles. The molecule has 0 radical (unpaired) electrons. The van der Waals surface area contributed by atoms with Crippen molar-refractivity contribution in [3.8, 4) is 11.5 Å². The number of anilines is 1. The third-order valence-electron chi connectivity index (χ3n) is 5.17. The van der Waals surface area contributed by atoms with Crippen molar-refractivity contribution in [2.24, 2.45) is 0 Å². The SMILES string of the molecule is O=C(COc1ccc(OCc2ccccc2)cc1)Nc1cccc(S(=O)(=O)N2CCOCC2)c1. The van der Waals surface area contributed by atoms with Crippen LogP contribution >= 0.6 is 0 Å². The molecule has 1 saturated heterocycles. The van der Waals surface area contributed by atoms with Gasteiger partial charge >= 0.3 is 0 Å². The summed E-state index contributed by atoms with van der Waals surface area (Å²) >= 11 is 0. The van der Waals surface area contributed by atoms with Gasteiger partial charge in [-0.3, -0.25) is 4.79 Å². The minimum absolute atomic E-state index is 0.124. The first-order valence-electron chi connectivity index (χ1n) is 10.9. The number of ether oxygens (including phenoxy) is 3. The molecule has 1 fully saturated rings. The van der Waals surface area contributed by atoms with Gasteiger partial charge in [-0.05, 0) is 48.0 Å². The molecule has 0 spiro atoms. The largest absolute Gasteiger partial charge is 0.489 e. The van der Waals surface area contributed by atoms with Gasteiger partial charge in [-0.15, -0.1) is 0 Å². The van der Waals surface area contributed by atoms with E-state index in [2.05, 4.69) is 5.32 Å². The van der Waals surface area contributed by atoms with Crippen LogP contribution in [0.1, 0.15) is 5.56 Å². The van der Waals surface area contributed by atoms with Crippen molar-refractivity contribution in [1.29, 1.82) is 0 Å². The van der Waals surface area contributed by atoms with E-state index in [-0.39, 0.29) is 11.5 Å². The minimum Gasteiger partial charge on any atom is -0.489 e. The number of sulfonamides is 1. The molecule has 9 heteroatoms. The lowest BCUT2D eigenvalue weighted by atomic mass is 10.2. The lowest BCUT2D eigenvalue weighted by Crippen LogP contribution is -2.40. The molecule has 0 aromatic heterocycles. The monoisotopic (exact) mass is 482 g/mol. The molecule has 4 rings (SSSR count). The fourth-order valence-electron chi connectivity index (χ4n) is 3.39. The zero-order valence-corrected chi connectivity index (χ0v) is 19.4. The van der Waals surface area contributed by atoms with Crippen LogP contribution in [0, 0.1) is 0 Å². The second-order valence-electron chi connectivity index (χ2n) is 7.63. The summed E-state index contributed by atoms with van der Waals surface area (Å²) in [6, 6.07) is 23.0. The quantitative estimate of drug-likeness (QED) is 0.503. The lowest BCUT2D eigenvalue weighted by molar-refractivity contribution is -0.118. The van der Waals surface area contributed by atoms with E-state index in [1.807, 2.05) is 30.3 Å². The Morgan fingerprint density at radius 2 is 1.56 bits per heavy atom. The number of hydrogen-bond donors (Lipinski definition) is 1. The number of nitrogens with zero attached hydrogens (tertiary/aromatic N) is 1. The second kappa shape index (κ2) is 11.1. The maximum absolute atomic E-state index is 12.8. The summed E-state index contributed by atoms with van der Waals surface area (Å²) in [6.07, 6.45) is 0. The van der Waals surface area contributed by atoms with Crippen molar-refractivity contribution in [3.63, 3.8) is 0 Å². The molecule has 34 heavy (non-hydrogen) atoms. The normalized spacial score (nSPS) is 14.4. The molecule has 3 aromatic rings. The number of rotatable bonds is 9. The van der Waals surface area contributed by atoms with E-state index >= 15 is 0 Å². The lowest BCUT2D eigenvalue weighted by Gasteiger charge is -2.26. The van der Waals surface area contributed by atoms with E-state index in [0.29, 0.717) is 50.1 Å². The van der Waals surface area contributed by atoms with Gasteiger partial charge < -0.3 is 19.5 Å². The Morgan fingerprint density at radius 3 is 2.26 bits per heavy atom. The number of nitrogens with one attached hydrogen (secondary N) is 1. The zero-order valence-electron chi connectivity index (χ0n) is 18.6. The van der Waals surface area contributed by atoms with E-state index < -0.39 is 15.9 Å². The van der Waals surface area contributed by atoms with Crippen molar-refractivity contribution in [1.82, 2.24) is 4.31 Å². The molecule has 8 nitrogen and oxygen atoms in total. The van der Waals surface area contributed by atoms with Crippen molar-refractivity contribution in [3.05, 3.63) is 84.4 Å². The molecule has 0 aliphatic carbocycles. The van der Waals surface area contributed by atoms with E-state index in [0.717, 1.165) is 5.56 Å². The van der Waals surface area contributed by atoms with Gasteiger partial charge in [0.05, 0.1) is 18.1 Å². The first-order chi connectivity index (χ1) is 16.5. The highest BCUT2D eigenvalue weighted by atomic mass is 32.2. The number of carbonyl (C=O) groups is 1. The average molecular weight is 483 g/mol. The van der Waals surface area contributed by atoms with Crippen molar-refractivity contribution in [2.75, 3.05) is 38.2 Å². The highest BCUT2D eigenvalue weighted by Crippen LogP contribution is 2.21. The van der Waals surface area contributed by atoms with Crippen LogP contribution in [0.5, 0.6) is 11.5 Å². The van der Waals surface area contributed by atoms with Crippen molar-refractivity contribution >= 4 is 21.6 Å². The Kier molecular flexibility index (Phi) is 7.79. The highest BCUT2D eigenvalue weighted by molar-refractivity contribution is 7.89. The molecular weight excluding hydrogens is 456 g/mol. The predicted molar refractivity (Wildman–Crippen MR) is 127 cm³/mol. The van der Waals surface area contributed by atoms with Gasteiger partial charge in [-0.1, -0.05) is 36.4 Å². The van der Waals surface area contributed by atoms with Crippen LogP contribution in [-0.4, -0.2) is 51.5 Å². The first-order valence-corrected chi connectivity index (χ1v) is 12.3. The van der Waals surface area contributed by atoms with Crippen LogP contribution in [0.3, 0.4) is 0 Å². The number of carbonyl (C=O) groups excluding carboxylic acids is 1. The third kappa shape index (κ3) is 6.34. The molecule has 3 aromatic carbocycles. The number of benzene rings is 3. The van der Waals surface area contributed by atoms with Gasteiger partial charge in [0.25, 0.3) is 5.91 Å². The molecule has 1 aliphatic rings. The molecule has 0 saturated carbocycles. The van der Waals surface area contributed by atoms with Gasteiger partial charge in [0.2, 0.25) is 10.0 Å². The Morgan fingerprint density at radius 1 is 0.882 bits per heavy atom. The highest BCUT2D eigenvalue weighted by Gasteiger charge is 2.26. The van der Waals surface area contributed by atoms with Crippen LogP contribution in [0.15, 0.2) is 83.8 Å². The Bertz CT molecular complexity index is 1190. The molecule has 0 unspecified atom stereocenters. The van der Waals surface area contributed by atoms with Gasteiger partial charge in [0, 0.05) is 18.8 Å². The van der Waals surface area contributed by atoms with E-state index in [9.17, 15) is 13.2 Å². The number of hydrogen-bond acceptors (Lipinski definition) is 6. The molecule has 178 valence electrons. The van der Waals surface area contributed by atoms with Crippen LogP contribution in [0.4, 0.5) is 5.69 Å². The Balaban J connectivity index is 1.28. The molecule has 1 amide bonds. The summed E-state index contributed by atoms with van der Waals surface area (Å²) in [5.41, 5.74) is 1.45. The standard InChI is InChI=1S/C25H26N2O6S/c28-25(19-33-23-11-9-22(10-12-23)32-18-20-5-2-1-3-6-20)26-21-7-4-8-24(17-21)34(29,30)27-13-15-31-16-14-27/h1-12,17H,13-16,18-19H2,(H,26,28). The van der Waals surface area contributed by atoms with Crippen LogP contribution in [0.25, 0.3) is 0 Å². The molecule has 0 atom stereocenters. The summed E-state index contributed by atoms with van der Waals surface area (Å²) in [5, 5.41) is 2.68. The van der Waals surface area contributed by atoms with Gasteiger partial charge in [-0.2, -0.15) is 4.31 Å². The molecule has 1 heterocycles. The number of morpholine rings is 1. The van der Waals surface area contributed by atoms with E-state index in [1.54, 1.807) is 36.4 Å². The third-order valence-corrected chi connectivity index (χ3v) is 7.06. The average Bonchev–Trinajstić information content (AvgIpc) is 2.88. The summed E-state index contributed by atoms with van der Waals surface area (Å²) < 4.78 is 43.5. The first kappa shape index (κ1) is 23.7. The summed E-state index contributed by atoms with van der Waals surface area (Å²) in [7, 11) is -3.64. The molecule has 0 bridgehead atoms. The Hall–Kier alpha value is -3.40. The van der Waals surface area contributed by atoms with Crippen molar-refractivity contribution < 1.29 is 27.4 Å². The Labute approximate surface area is 199 Å². The van der Waals surface area contributed by atoms with Crippen LogP contribution in [0.2, 0.25) is 0 Å². The fourth-order valence-corrected chi connectivity index (χ4v) is 4.84. The smallest absolute Gasteiger partial charge is 0.262 e. The zero-order chi connectivity index (χ0) is 23.8. The summed E-state index contributed by atoms with van der Waals surface area (Å²) in [6.45, 7) is 1.60. The van der Waals surface area contributed by atoms with Crippen LogP contribution < -0.4 is 14.8 Å². The minimum atomic E-state index is -3.64. The summed E-state index contributed by atoms with van der Waals surface area (Å²) in [5.74, 6) is 0.815. The topological polar surface area (TPSA) is 94.2 Å². The molecular formula is C25H26N2O6S.